The van der Waals surface area contributed by atoms with Crippen molar-refractivity contribution in [3.8, 4) is 0 Å². The summed E-state index contributed by atoms with van der Waals surface area (Å²) in [6.07, 6.45) is 3.56. The lowest BCUT2D eigenvalue weighted by molar-refractivity contribution is 0.0695. The molecule has 1 aromatic carbocycles. The van der Waals surface area contributed by atoms with Gasteiger partial charge in [0.25, 0.3) is 0 Å². The molecule has 2 heterocycles. The standard InChI is InChI=1S/C17H24N2O2/c1-18-9-7-14(8-10-18)19-11-6-13(12-19)15-4-2-3-5-16(15)17(20)21/h2-5,13-14H,6-12H2,1H3,(H,20,21)/t13-/m0/s1. The van der Waals surface area contributed by atoms with Crippen molar-refractivity contribution in [3.05, 3.63) is 35.4 Å². The van der Waals surface area contributed by atoms with Crippen LogP contribution in [-0.2, 0) is 0 Å². The number of carboxylic acid groups (broad SMARTS) is 1. The minimum Gasteiger partial charge on any atom is -0.478 e. The molecule has 0 amide bonds. The average Bonchev–Trinajstić information content (AvgIpc) is 2.97. The Morgan fingerprint density at radius 3 is 2.57 bits per heavy atom. The van der Waals surface area contributed by atoms with Crippen molar-refractivity contribution in [3.63, 3.8) is 0 Å². The summed E-state index contributed by atoms with van der Waals surface area (Å²) in [7, 11) is 2.19. The van der Waals surface area contributed by atoms with Crippen molar-refractivity contribution < 1.29 is 9.90 Å². The van der Waals surface area contributed by atoms with Crippen molar-refractivity contribution >= 4 is 5.97 Å². The number of nitrogens with zero attached hydrogens (tertiary/aromatic N) is 2. The molecule has 4 nitrogen and oxygen atoms in total. The van der Waals surface area contributed by atoms with Crippen LogP contribution in [0.5, 0.6) is 0 Å². The van der Waals surface area contributed by atoms with Crippen molar-refractivity contribution in [1.82, 2.24) is 9.80 Å². The third-order valence-electron chi connectivity index (χ3n) is 5.06. The maximum Gasteiger partial charge on any atom is 0.335 e. The largest absolute Gasteiger partial charge is 0.478 e. The van der Waals surface area contributed by atoms with E-state index < -0.39 is 5.97 Å². The summed E-state index contributed by atoms with van der Waals surface area (Å²) >= 11 is 0. The highest BCUT2D eigenvalue weighted by Crippen LogP contribution is 2.32. The number of rotatable bonds is 3. The highest BCUT2D eigenvalue weighted by molar-refractivity contribution is 5.89. The maximum atomic E-state index is 11.4. The lowest BCUT2D eigenvalue weighted by Crippen LogP contribution is -2.42. The molecule has 0 aliphatic carbocycles. The van der Waals surface area contributed by atoms with E-state index in [-0.39, 0.29) is 0 Å². The second-order valence-electron chi connectivity index (χ2n) is 6.41. The van der Waals surface area contributed by atoms with Gasteiger partial charge in [0.05, 0.1) is 5.56 Å². The Balaban J connectivity index is 1.68. The number of piperidine rings is 1. The summed E-state index contributed by atoms with van der Waals surface area (Å²) in [5.41, 5.74) is 1.49. The number of carboxylic acids is 1. The predicted molar refractivity (Wildman–Crippen MR) is 82.9 cm³/mol. The Kier molecular flexibility index (Phi) is 4.27. The fourth-order valence-corrected chi connectivity index (χ4v) is 3.78. The lowest BCUT2D eigenvalue weighted by Gasteiger charge is -2.35. The molecule has 3 rings (SSSR count). The molecule has 0 spiro atoms. The number of carbonyl (C=O) groups is 1. The fourth-order valence-electron chi connectivity index (χ4n) is 3.78. The van der Waals surface area contributed by atoms with Gasteiger partial charge in [0.1, 0.15) is 0 Å². The van der Waals surface area contributed by atoms with Gasteiger partial charge in [-0.25, -0.2) is 4.79 Å². The minimum absolute atomic E-state index is 0.372. The Labute approximate surface area is 126 Å². The first-order chi connectivity index (χ1) is 10.1. The first-order valence-electron chi connectivity index (χ1n) is 7.90. The summed E-state index contributed by atoms with van der Waals surface area (Å²) in [6, 6.07) is 8.18. The predicted octanol–water partition coefficient (Wildman–Crippen LogP) is 2.27. The summed E-state index contributed by atoms with van der Waals surface area (Å²) in [5.74, 6) is -0.430. The van der Waals surface area contributed by atoms with Crippen molar-refractivity contribution in [2.45, 2.75) is 31.2 Å². The van der Waals surface area contributed by atoms with E-state index in [0.29, 0.717) is 17.5 Å². The number of hydrogen-bond donors (Lipinski definition) is 1. The molecule has 2 fully saturated rings. The molecule has 1 atom stereocenters. The van der Waals surface area contributed by atoms with E-state index in [1.54, 1.807) is 6.07 Å². The lowest BCUT2D eigenvalue weighted by atomic mass is 9.93. The number of aromatic carboxylic acids is 1. The molecule has 21 heavy (non-hydrogen) atoms. The van der Waals surface area contributed by atoms with Crippen LogP contribution < -0.4 is 0 Å². The summed E-state index contributed by atoms with van der Waals surface area (Å²) < 4.78 is 0. The van der Waals surface area contributed by atoms with Crippen LogP contribution in [0.4, 0.5) is 0 Å². The fraction of sp³-hybridized carbons (Fsp3) is 0.588. The van der Waals surface area contributed by atoms with Gasteiger partial charge in [-0.2, -0.15) is 0 Å². The molecular formula is C17H24N2O2. The average molecular weight is 288 g/mol. The van der Waals surface area contributed by atoms with Gasteiger partial charge in [0.15, 0.2) is 0 Å². The number of benzene rings is 1. The zero-order valence-corrected chi connectivity index (χ0v) is 12.7. The molecule has 0 unspecified atom stereocenters. The van der Waals surface area contributed by atoms with Crippen LogP contribution in [0.25, 0.3) is 0 Å². The number of hydrogen-bond acceptors (Lipinski definition) is 3. The third kappa shape index (κ3) is 3.11. The third-order valence-corrected chi connectivity index (χ3v) is 5.06. The molecule has 1 aromatic rings. The van der Waals surface area contributed by atoms with E-state index in [1.807, 2.05) is 18.2 Å². The summed E-state index contributed by atoms with van der Waals surface area (Å²) in [4.78, 5) is 16.4. The van der Waals surface area contributed by atoms with Crippen molar-refractivity contribution in [2.24, 2.45) is 0 Å². The summed E-state index contributed by atoms with van der Waals surface area (Å²) in [5, 5.41) is 9.35. The molecule has 2 aliphatic rings. The van der Waals surface area contributed by atoms with Gasteiger partial charge in [-0.3, -0.25) is 4.90 Å². The Morgan fingerprint density at radius 2 is 1.86 bits per heavy atom. The van der Waals surface area contributed by atoms with Gasteiger partial charge in [0.2, 0.25) is 0 Å². The highest BCUT2D eigenvalue weighted by Gasteiger charge is 2.32. The second kappa shape index (κ2) is 6.16. The topological polar surface area (TPSA) is 43.8 Å². The Hall–Kier alpha value is -1.39. The van der Waals surface area contributed by atoms with Crippen molar-refractivity contribution in [1.29, 1.82) is 0 Å². The SMILES string of the molecule is CN1CCC(N2CC[C@H](c3ccccc3C(=O)O)C2)CC1. The summed E-state index contributed by atoms with van der Waals surface area (Å²) in [6.45, 7) is 4.47. The second-order valence-corrected chi connectivity index (χ2v) is 6.41. The maximum absolute atomic E-state index is 11.4. The molecule has 2 saturated heterocycles. The van der Waals surface area contributed by atoms with Gasteiger partial charge in [-0.15, -0.1) is 0 Å². The molecule has 0 saturated carbocycles. The Morgan fingerprint density at radius 1 is 1.14 bits per heavy atom. The minimum atomic E-state index is -0.802. The normalized spacial score (nSPS) is 25.3. The van der Waals surface area contributed by atoms with Gasteiger partial charge >= 0.3 is 5.97 Å². The van der Waals surface area contributed by atoms with Crippen LogP contribution >= 0.6 is 0 Å². The van der Waals surface area contributed by atoms with Crippen LogP contribution in [0.3, 0.4) is 0 Å². The smallest absolute Gasteiger partial charge is 0.335 e. The van der Waals surface area contributed by atoms with E-state index in [1.165, 1.54) is 25.9 Å². The first kappa shape index (κ1) is 14.5. The molecule has 0 aromatic heterocycles. The van der Waals surface area contributed by atoms with Crippen molar-refractivity contribution in [2.75, 3.05) is 33.2 Å². The molecule has 0 radical (unpaired) electrons. The quantitative estimate of drug-likeness (QED) is 0.926. The van der Waals surface area contributed by atoms with Crippen LogP contribution in [0.15, 0.2) is 24.3 Å². The molecule has 2 aliphatic heterocycles. The van der Waals surface area contributed by atoms with Crippen LogP contribution in [-0.4, -0.2) is 60.1 Å². The van der Waals surface area contributed by atoms with Gasteiger partial charge in [0, 0.05) is 12.6 Å². The number of likely N-dealkylation sites (tertiary alicyclic amines) is 2. The molecule has 4 heteroatoms. The molecule has 114 valence electrons. The Bertz CT molecular complexity index is 509. The molecule has 1 N–H and O–H groups in total. The zero-order valence-electron chi connectivity index (χ0n) is 12.7. The monoisotopic (exact) mass is 288 g/mol. The van der Waals surface area contributed by atoms with Gasteiger partial charge in [-0.1, -0.05) is 18.2 Å². The zero-order chi connectivity index (χ0) is 14.8. The van der Waals surface area contributed by atoms with Gasteiger partial charge < -0.3 is 10.0 Å². The molecular weight excluding hydrogens is 264 g/mol. The van der Waals surface area contributed by atoms with Gasteiger partial charge in [-0.05, 0) is 63.5 Å². The van der Waals surface area contributed by atoms with Crippen LogP contribution in [0, 0.1) is 0 Å². The van der Waals surface area contributed by atoms with E-state index >= 15 is 0 Å². The van der Waals surface area contributed by atoms with E-state index in [0.717, 1.165) is 25.1 Å². The molecule has 0 bridgehead atoms. The van der Waals surface area contributed by atoms with Crippen LogP contribution in [0.2, 0.25) is 0 Å². The van der Waals surface area contributed by atoms with E-state index in [2.05, 4.69) is 16.8 Å². The van der Waals surface area contributed by atoms with E-state index in [4.69, 9.17) is 0 Å². The van der Waals surface area contributed by atoms with Crippen LogP contribution in [0.1, 0.15) is 41.1 Å². The van der Waals surface area contributed by atoms with E-state index in [9.17, 15) is 9.90 Å². The highest BCUT2D eigenvalue weighted by atomic mass is 16.4. The first-order valence-corrected chi connectivity index (χ1v) is 7.90.